The van der Waals surface area contributed by atoms with Crippen molar-refractivity contribution in [2.75, 3.05) is 19.7 Å². The fraction of sp³-hybridized carbons (Fsp3) is 0.576. The van der Waals surface area contributed by atoms with E-state index in [0.29, 0.717) is 25.0 Å². The summed E-state index contributed by atoms with van der Waals surface area (Å²) in [5, 5.41) is 13.3. The van der Waals surface area contributed by atoms with Gasteiger partial charge in [0.15, 0.2) is 0 Å². The van der Waals surface area contributed by atoms with Crippen LogP contribution in [0.4, 0.5) is 9.59 Å². The van der Waals surface area contributed by atoms with Gasteiger partial charge < -0.3 is 40.8 Å². The SMILES string of the molecule is CC(C)C[C@H](NC(=O)[C@H](CNC(=O)OC(C)(C)C)NC(=O)OCc1ccccc1)C(=O)N[C@H](/C=C1\CCOC1=O)C[C@@H]1CCNC1=O. The molecule has 258 valence electrons. The lowest BCUT2D eigenvalue weighted by atomic mass is 9.95. The van der Waals surface area contributed by atoms with Gasteiger partial charge in [-0.05, 0) is 51.5 Å². The summed E-state index contributed by atoms with van der Waals surface area (Å²) in [6.45, 7) is 9.16. The van der Waals surface area contributed by atoms with Gasteiger partial charge in [-0.3, -0.25) is 14.4 Å². The number of ether oxygens (including phenoxy) is 3. The summed E-state index contributed by atoms with van der Waals surface area (Å²) < 4.78 is 15.6. The second-order valence-corrected chi connectivity index (χ2v) is 13.0. The molecule has 2 fully saturated rings. The smallest absolute Gasteiger partial charge is 0.408 e. The van der Waals surface area contributed by atoms with Crippen LogP contribution in [0.3, 0.4) is 0 Å². The molecule has 5 N–H and O–H groups in total. The molecule has 3 rings (SSSR count). The normalized spacial score (nSPS) is 18.9. The summed E-state index contributed by atoms with van der Waals surface area (Å²) in [7, 11) is 0. The monoisotopic (exact) mass is 657 g/mol. The van der Waals surface area contributed by atoms with Crippen molar-refractivity contribution in [2.45, 2.75) is 90.6 Å². The molecule has 47 heavy (non-hydrogen) atoms. The van der Waals surface area contributed by atoms with Crippen LogP contribution in [0.15, 0.2) is 42.0 Å². The third-order valence-corrected chi connectivity index (χ3v) is 7.31. The Morgan fingerprint density at radius 3 is 2.30 bits per heavy atom. The van der Waals surface area contributed by atoms with Gasteiger partial charge in [0.1, 0.15) is 24.3 Å². The summed E-state index contributed by atoms with van der Waals surface area (Å²) in [5.74, 6) is -2.28. The minimum absolute atomic E-state index is 0.0320. The van der Waals surface area contributed by atoms with E-state index in [4.69, 9.17) is 14.2 Å². The van der Waals surface area contributed by atoms with Crippen molar-refractivity contribution >= 4 is 35.9 Å². The van der Waals surface area contributed by atoms with E-state index in [-0.39, 0.29) is 50.3 Å². The van der Waals surface area contributed by atoms with E-state index < -0.39 is 53.7 Å². The Labute approximate surface area is 275 Å². The lowest BCUT2D eigenvalue weighted by Gasteiger charge is -2.27. The zero-order valence-electron chi connectivity index (χ0n) is 27.7. The standard InChI is InChI=1S/C33H47N5O9/c1-20(2)15-25(28(40)36-24(16-22-11-13-34-27(22)39)17-23-12-14-45-30(23)42)37-29(41)26(18-35-31(43)47-33(3,4)5)38-32(44)46-19-21-9-7-6-8-10-21/h6-10,17,20,22,24-26H,11-16,18-19H2,1-5H3,(H,34,39)(H,35,43)(H,36,40)(H,37,41)(H,38,44)/b23-17+/t22-,24-,25-,26-/m0/s1. The summed E-state index contributed by atoms with van der Waals surface area (Å²) in [6, 6.07) is 5.89. The Bertz CT molecular complexity index is 1310. The first-order chi connectivity index (χ1) is 22.2. The number of amides is 5. The highest BCUT2D eigenvalue weighted by Gasteiger charge is 2.33. The van der Waals surface area contributed by atoms with Crippen LogP contribution in [0.25, 0.3) is 0 Å². The minimum atomic E-state index is -1.33. The highest BCUT2D eigenvalue weighted by molar-refractivity contribution is 5.93. The molecule has 0 saturated carbocycles. The van der Waals surface area contributed by atoms with Crippen molar-refractivity contribution in [3.8, 4) is 0 Å². The first-order valence-electron chi connectivity index (χ1n) is 15.9. The first kappa shape index (κ1) is 36.8. The Hall–Kier alpha value is -4.62. The lowest BCUT2D eigenvalue weighted by Crippen LogP contribution is -2.58. The Kier molecular flexibility index (Phi) is 13.6. The van der Waals surface area contributed by atoms with E-state index in [0.717, 1.165) is 5.56 Å². The van der Waals surface area contributed by atoms with Crippen molar-refractivity contribution in [1.82, 2.24) is 26.6 Å². The average Bonchev–Trinajstić information content (AvgIpc) is 3.59. The van der Waals surface area contributed by atoms with Crippen LogP contribution in [0.5, 0.6) is 0 Å². The number of benzene rings is 1. The van der Waals surface area contributed by atoms with E-state index >= 15 is 0 Å². The van der Waals surface area contributed by atoms with E-state index in [2.05, 4.69) is 26.6 Å². The maximum atomic E-state index is 13.7. The van der Waals surface area contributed by atoms with Gasteiger partial charge in [0.05, 0.1) is 13.2 Å². The number of esters is 1. The number of carbonyl (C=O) groups is 6. The zero-order valence-corrected chi connectivity index (χ0v) is 27.7. The van der Waals surface area contributed by atoms with E-state index in [9.17, 15) is 28.8 Å². The third kappa shape index (κ3) is 13.0. The molecule has 0 radical (unpaired) electrons. The Morgan fingerprint density at radius 1 is 1.00 bits per heavy atom. The lowest BCUT2D eigenvalue weighted by molar-refractivity contribution is -0.135. The molecule has 0 aliphatic carbocycles. The molecule has 0 aromatic heterocycles. The molecule has 0 unspecified atom stereocenters. The van der Waals surface area contributed by atoms with Gasteiger partial charge in [0.2, 0.25) is 17.7 Å². The predicted octanol–water partition coefficient (Wildman–Crippen LogP) is 2.22. The van der Waals surface area contributed by atoms with Gasteiger partial charge >= 0.3 is 18.2 Å². The molecule has 2 saturated heterocycles. The quantitative estimate of drug-likeness (QED) is 0.113. The number of alkyl carbamates (subject to hydrolysis) is 2. The average molecular weight is 658 g/mol. The molecule has 14 heteroatoms. The van der Waals surface area contributed by atoms with Crippen molar-refractivity contribution in [2.24, 2.45) is 11.8 Å². The van der Waals surface area contributed by atoms with Crippen LogP contribution in [0.1, 0.15) is 65.9 Å². The Morgan fingerprint density at radius 2 is 1.70 bits per heavy atom. The number of rotatable bonds is 14. The predicted molar refractivity (Wildman–Crippen MR) is 170 cm³/mol. The summed E-state index contributed by atoms with van der Waals surface area (Å²) >= 11 is 0. The number of nitrogens with one attached hydrogen (secondary N) is 5. The van der Waals surface area contributed by atoms with Gasteiger partial charge in [-0.2, -0.15) is 0 Å². The van der Waals surface area contributed by atoms with E-state index in [1.807, 2.05) is 19.9 Å². The Balaban J connectivity index is 1.75. The van der Waals surface area contributed by atoms with E-state index in [1.165, 1.54) is 0 Å². The number of hydrogen-bond acceptors (Lipinski definition) is 9. The molecule has 2 aliphatic heterocycles. The maximum absolute atomic E-state index is 13.7. The van der Waals surface area contributed by atoms with Gasteiger partial charge in [0.25, 0.3) is 0 Å². The van der Waals surface area contributed by atoms with Crippen LogP contribution in [-0.4, -0.2) is 79.3 Å². The molecule has 1 aromatic carbocycles. The molecule has 0 bridgehead atoms. The topological polar surface area (TPSA) is 190 Å². The molecular formula is C33H47N5O9. The van der Waals surface area contributed by atoms with Crippen LogP contribution >= 0.6 is 0 Å². The van der Waals surface area contributed by atoms with E-state index in [1.54, 1.807) is 51.1 Å². The fourth-order valence-corrected chi connectivity index (χ4v) is 5.06. The molecule has 5 amide bonds. The molecule has 0 spiro atoms. The summed E-state index contributed by atoms with van der Waals surface area (Å²) in [5.41, 5.74) is 0.337. The van der Waals surface area contributed by atoms with Crippen LogP contribution < -0.4 is 26.6 Å². The first-order valence-corrected chi connectivity index (χ1v) is 15.9. The molecule has 14 nitrogen and oxygen atoms in total. The largest absolute Gasteiger partial charge is 0.462 e. The molecule has 2 aliphatic rings. The van der Waals surface area contributed by atoms with Gasteiger partial charge in [-0.1, -0.05) is 50.3 Å². The van der Waals surface area contributed by atoms with Gasteiger partial charge in [0, 0.05) is 30.5 Å². The molecule has 1 aromatic rings. The van der Waals surface area contributed by atoms with Crippen LogP contribution in [0, 0.1) is 11.8 Å². The van der Waals surface area contributed by atoms with Crippen LogP contribution in [-0.2, 0) is 40.0 Å². The summed E-state index contributed by atoms with van der Waals surface area (Å²) in [4.78, 5) is 76.9. The molecular weight excluding hydrogens is 610 g/mol. The van der Waals surface area contributed by atoms with Crippen LogP contribution in [0.2, 0.25) is 0 Å². The number of carbonyl (C=O) groups excluding carboxylic acids is 6. The number of hydrogen-bond donors (Lipinski definition) is 5. The zero-order chi connectivity index (χ0) is 34.6. The van der Waals surface area contributed by atoms with Crippen molar-refractivity contribution in [1.29, 1.82) is 0 Å². The van der Waals surface area contributed by atoms with Crippen molar-refractivity contribution < 1.29 is 43.0 Å². The second-order valence-electron chi connectivity index (χ2n) is 13.0. The van der Waals surface area contributed by atoms with Crippen molar-refractivity contribution in [3.05, 3.63) is 47.5 Å². The highest BCUT2D eigenvalue weighted by atomic mass is 16.6. The molecule has 4 atom stereocenters. The van der Waals surface area contributed by atoms with Gasteiger partial charge in [-0.25, -0.2) is 14.4 Å². The minimum Gasteiger partial charge on any atom is -0.462 e. The van der Waals surface area contributed by atoms with Crippen molar-refractivity contribution in [3.63, 3.8) is 0 Å². The number of cyclic esters (lactones) is 1. The summed E-state index contributed by atoms with van der Waals surface area (Å²) in [6.07, 6.45) is 1.37. The third-order valence-electron chi connectivity index (χ3n) is 7.31. The maximum Gasteiger partial charge on any atom is 0.408 e. The second kappa shape index (κ2) is 17.3. The molecule has 2 heterocycles. The fourth-order valence-electron chi connectivity index (χ4n) is 5.06. The highest BCUT2D eigenvalue weighted by Crippen LogP contribution is 2.21. The van der Waals surface area contributed by atoms with Gasteiger partial charge in [-0.15, -0.1) is 0 Å².